The lowest BCUT2D eigenvalue weighted by molar-refractivity contribution is 0.336. The second-order valence-electron chi connectivity index (χ2n) is 5.29. The van der Waals surface area contributed by atoms with E-state index >= 15 is 0 Å². The Balaban J connectivity index is 1.92. The number of aliphatic imine (C=N–C) groups is 1. The number of ether oxygens (including phenoxy) is 2. The van der Waals surface area contributed by atoms with Gasteiger partial charge in [-0.15, -0.1) is 0 Å². The van der Waals surface area contributed by atoms with Gasteiger partial charge in [0.15, 0.2) is 5.96 Å². The summed E-state index contributed by atoms with van der Waals surface area (Å²) in [6.45, 7) is 3.94. The molecule has 0 unspecified atom stereocenters. The van der Waals surface area contributed by atoms with Gasteiger partial charge in [-0.2, -0.15) is 0 Å². The minimum atomic E-state index is 0.641. The molecule has 0 saturated carbocycles. The molecule has 0 spiro atoms. The third-order valence-electron chi connectivity index (χ3n) is 3.62. The average Bonchev–Trinajstić information content (AvgIpc) is 2.63. The van der Waals surface area contributed by atoms with Crippen LogP contribution in [0.3, 0.4) is 0 Å². The molecule has 2 N–H and O–H groups in total. The van der Waals surface area contributed by atoms with Gasteiger partial charge in [0.1, 0.15) is 11.5 Å². The van der Waals surface area contributed by atoms with Crippen LogP contribution in [-0.4, -0.2) is 26.7 Å². The lowest BCUT2D eigenvalue weighted by atomic mass is 10.2. The second-order valence-corrected chi connectivity index (χ2v) is 6.14. The zero-order valence-electron chi connectivity index (χ0n) is 14.8. The number of rotatable bonds is 7. The fourth-order valence-electron chi connectivity index (χ4n) is 2.35. The van der Waals surface area contributed by atoms with Crippen molar-refractivity contribution in [2.45, 2.75) is 20.0 Å². The summed E-state index contributed by atoms with van der Waals surface area (Å²) in [6.07, 6.45) is 0. The molecule has 0 fully saturated rings. The summed E-state index contributed by atoms with van der Waals surface area (Å²) in [6, 6.07) is 14.0. The highest BCUT2D eigenvalue weighted by Crippen LogP contribution is 2.25. The number of para-hydroxylation sites is 1. The average molecular weight is 406 g/mol. The summed E-state index contributed by atoms with van der Waals surface area (Å²) in [5.74, 6) is 2.45. The molecule has 6 heteroatoms. The zero-order valence-corrected chi connectivity index (χ0v) is 16.4. The Bertz CT molecular complexity index is 720. The van der Waals surface area contributed by atoms with Crippen molar-refractivity contribution in [3.63, 3.8) is 0 Å². The van der Waals surface area contributed by atoms with Crippen molar-refractivity contribution in [1.82, 2.24) is 10.6 Å². The van der Waals surface area contributed by atoms with Crippen LogP contribution in [0.1, 0.15) is 18.1 Å². The van der Waals surface area contributed by atoms with E-state index < -0.39 is 0 Å². The number of benzene rings is 2. The molecule has 0 aliphatic carbocycles. The predicted octanol–water partition coefficient (Wildman–Crippen LogP) is 3.72. The molecule has 0 atom stereocenters. The first kappa shape index (κ1) is 19.1. The summed E-state index contributed by atoms with van der Waals surface area (Å²) < 4.78 is 11.8. The number of nitrogens with zero attached hydrogens (tertiary/aromatic N) is 1. The summed E-state index contributed by atoms with van der Waals surface area (Å²) in [4.78, 5) is 4.27. The van der Waals surface area contributed by atoms with Gasteiger partial charge >= 0.3 is 0 Å². The van der Waals surface area contributed by atoms with Crippen LogP contribution in [0, 0.1) is 0 Å². The third-order valence-corrected chi connectivity index (χ3v) is 4.24. The highest BCUT2D eigenvalue weighted by atomic mass is 79.9. The lowest BCUT2D eigenvalue weighted by Gasteiger charge is -2.14. The van der Waals surface area contributed by atoms with Crippen LogP contribution in [0.4, 0.5) is 0 Å². The smallest absolute Gasteiger partial charge is 0.191 e. The van der Waals surface area contributed by atoms with Crippen LogP contribution in [0.25, 0.3) is 0 Å². The molecule has 5 nitrogen and oxygen atoms in total. The quantitative estimate of drug-likeness (QED) is 0.544. The molecule has 0 bridgehead atoms. The topological polar surface area (TPSA) is 54.9 Å². The lowest BCUT2D eigenvalue weighted by Crippen LogP contribution is -2.36. The Hall–Kier alpha value is -2.21. The number of halogens is 1. The minimum Gasteiger partial charge on any atom is -0.496 e. The van der Waals surface area contributed by atoms with E-state index in [1.54, 1.807) is 14.2 Å². The van der Waals surface area contributed by atoms with Gasteiger partial charge in [0.05, 0.1) is 18.2 Å². The molecule has 0 aliphatic rings. The number of methoxy groups -OCH3 is 1. The van der Waals surface area contributed by atoms with Crippen molar-refractivity contribution >= 4 is 21.9 Å². The number of hydrogen-bond donors (Lipinski definition) is 2. The molecule has 0 heterocycles. The molecule has 2 aromatic rings. The van der Waals surface area contributed by atoms with Crippen LogP contribution in [0.2, 0.25) is 0 Å². The Labute approximate surface area is 157 Å². The Morgan fingerprint density at radius 1 is 1.08 bits per heavy atom. The van der Waals surface area contributed by atoms with Crippen molar-refractivity contribution in [1.29, 1.82) is 0 Å². The van der Waals surface area contributed by atoms with Gasteiger partial charge in [-0.1, -0.05) is 24.3 Å². The molecule has 0 saturated heterocycles. The standard InChI is InChI=1S/C19H24BrN3O2/c1-4-25-17-8-6-5-7-15(17)13-23-19(21-2)22-12-14-9-10-18(24-3)16(20)11-14/h5-11H,4,12-13H2,1-3H3,(H2,21,22,23). The fourth-order valence-corrected chi connectivity index (χ4v) is 2.94. The number of nitrogens with one attached hydrogen (secondary N) is 2. The van der Waals surface area contributed by atoms with E-state index in [1.165, 1.54) is 0 Å². The van der Waals surface area contributed by atoms with Crippen LogP contribution in [0.15, 0.2) is 51.9 Å². The first-order chi connectivity index (χ1) is 12.2. The Morgan fingerprint density at radius 2 is 1.84 bits per heavy atom. The monoisotopic (exact) mass is 405 g/mol. The summed E-state index contributed by atoms with van der Waals surface area (Å²) >= 11 is 3.50. The van der Waals surface area contributed by atoms with E-state index in [0.717, 1.165) is 33.1 Å². The van der Waals surface area contributed by atoms with Gasteiger partial charge in [0, 0.05) is 25.7 Å². The van der Waals surface area contributed by atoms with E-state index in [2.05, 4.69) is 31.6 Å². The van der Waals surface area contributed by atoms with Crippen LogP contribution < -0.4 is 20.1 Å². The van der Waals surface area contributed by atoms with Gasteiger partial charge in [0.25, 0.3) is 0 Å². The van der Waals surface area contributed by atoms with E-state index in [9.17, 15) is 0 Å². The maximum atomic E-state index is 5.65. The molecular weight excluding hydrogens is 382 g/mol. The molecule has 0 aliphatic heterocycles. The summed E-state index contributed by atoms with van der Waals surface area (Å²) in [5, 5.41) is 6.62. The fraction of sp³-hybridized carbons (Fsp3) is 0.316. The molecule has 0 aromatic heterocycles. The van der Waals surface area contributed by atoms with Crippen molar-refractivity contribution in [3.8, 4) is 11.5 Å². The molecule has 0 radical (unpaired) electrons. The van der Waals surface area contributed by atoms with Gasteiger partial charge in [-0.25, -0.2) is 0 Å². The van der Waals surface area contributed by atoms with Crippen LogP contribution in [0.5, 0.6) is 11.5 Å². The Morgan fingerprint density at radius 3 is 2.52 bits per heavy atom. The summed E-state index contributed by atoms with van der Waals surface area (Å²) in [5.41, 5.74) is 2.23. The van der Waals surface area contributed by atoms with E-state index in [4.69, 9.17) is 9.47 Å². The number of hydrogen-bond acceptors (Lipinski definition) is 3. The molecule has 134 valence electrons. The van der Waals surface area contributed by atoms with Crippen molar-refractivity contribution in [3.05, 3.63) is 58.1 Å². The first-order valence-corrected chi connectivity index (χ1v) is 8.94. The molecule has 2 aromatic carbocycles. The van der Waals surface area contributed by atoms with Gasteiger partial charge in [0.2, 0.25) is 0 Å². The maximum Gasteiger partial charge on any atom is 0.191 e. The third kappa shape index (κ3) is 5.67. The van der Waals surface area contributed by atoms with Gasteiger partial charge in [-0.05, 0) is 46.6 Å². The predicted molar refractivity (Wildman–Crippen MR) is 105 cm³/mol. The maximum absolute atomic E-state index is 5.65. The largest absolute Gasteiger partial charge is 0.496 e. The molecule has 0 amide bonds. The molecule has 25 heavy (non-hydrogen) atoms. The highest BCUT2D eigenvalue weighted by Gasteiger charge is 2.05. The van der Waals surface area contributed by atoms with Gasteiger partial charge < -0.3 is 20.1 Å². The summed E-state index contributed by atoms with van der Waals surface area (Å²) in [7, 11) is 3.41. The first-order valence-electron chi connectivity index (χ1n) is 8.15. The van der Waals surface area contributed by atoms with E-state index in [0.29, 0.717) is 19.7 Å². The Kier molecular flexibility index (Phi) is 7.60. The number of guanidine groups is 1. The van der Waals surface area contributed by atoms with Crippen molar-refractivity contribution in [2.75, 3.05) is 20.8 Å². The van der Waals surface area contributed by atoms with Crippen LogP contribution in [-0.2, 0) is 13.1 Å². The molecular formula is C19H24BrN3O2. The second kappa shape index (κ2) is 9.93. The van der Waals surface area contributed by atoms with Crippen molar-refractivity contribution in [2.24, 2.45) is 4.99 Å². The van der Waals surface area contributed by atoms with Crippen LogP contribution >= 0.6 is 15.9 Å². The normalized spacial score (nSPS) is 11.1. The van der Waals surface area contributed by atoms with Gasteiger partial charge in [-0.3, -0.25) is 4.99 Å². The molecule has 2 rings (SSSR count). The van der Waals surface area contributed by atoms with E-state index in [1.807, 2.05) is 49.4 Å². The SMILES string of the molecule is CCOc1ccccc1CNC(=NC)NCc1ccc(OC)c(Br)c1. The zero-order chi connectivity index (χ0) is 18.1. The minimum absolute atomic E-state index is 0.641. The van der Waals surface area contributed by atoms with E-state index in [-0.39, 0.29) is 0 Å². The highest BCUT2D eigenvalue weighted by molar-refractivity contribution is 9.10. The van der Waals surface area contributed by atoms with Crippen molar-refractivity contribution < 1.29 is 9.47 Å².